The van der Waals surface area contributed by atoms with Crippen molar-refractivity contribution in [1.82, 2.24) is 14.9 Å². The van der Waals surface area contributed by atoms with E-state index in [4.69, 9.17) is 14.5 Å². The third-order valence-corrected chi connectivity index (χ3v) is 6.62. The molecule has 0 fully saturated rings. The molecule has 0 aliphatic rings. The summed E-state index contributed by atoms with van der Waals surface area (Å²) in [7, 11) is 0. The summed E-state index contributed by atoms with van der Waals surface area (Å²) in [6, 6.07) is 25.9. The second kappa shape index (κ2) is 15.4. The number of aryl methyl sites for hydroxylation is 2. The van der Waals surface area contributed by atoms with Crippen molar-refractivity contribution in [3.63, 3.8) is 0 Å². The van der Waals surface area contributed by atoms with Gasteiger partial charge in [-0.2, -0.15) is 0 Å². The number of nitrogens with one attached hydrogen (secondary N) is 1. The number of rotatable bonds is 17. The molecule has 0 bridgehead atoms. The number of carbonyl (C=O) groups excluding carboxylic acids is 1. The summed E-state index contributed by atoms with van der Waals surface area (Å²) in [4.78, 5) is 17.0. The smallest absolute Gasteiger partial charge is 0.257 e. The second-order valence-electron chi connectivity index (χ2n) is 9.59. The number of hydrogen-bond acceptors (Lipinski definition) is 4. The predicted molar refractivity (Wildman–Crippen MR) is 157 cm³/mol. The van der Waals surface area contributed by atoms with Crippen molar-refractivity contribution in [3.8, 4) is 11.5 Å². The van der Waals surface area contributed by atoms with E-state index in [0.29, 0.717) is 18.9 Å². The summed E-state index contributed by atoms with van der Waals surface area (Å²) in [6.45, 7) is 6.15. The number of imidazole rings is 1. The molecule has 1 N–H and O–H groups in total. The van der Waals surface area contributed by atoms with Crippen molar-refractivity contribution >= 4 is 16.9 Å². The summed E-state index contributed by atoms with van der Waals surface area (Å²) in [5.41, 5.74) is 3.42. The SMILES string of the molecule is C=CCc1ccccc1OCCCCn1c(CCCCCNC(=O)COc2ccccc2)nc2ccccc21. The Bertz CT molecular complexity index is 1320. The van der Waals surface area contributed by atoms with Gasteiger partial charge in [-0.15, -0.1) is 6.58 Å². The molecule has 0 aliphatic carbocycles. The van der Waals surface area contributed by atoms with Crippen LogP contribution in [0.25, 0.3) is 11.0 Å². The maximum atomic E-state index is 12.0. The number of benzene rings is 3. The van der Waals surface area contributed by atoms with Crippen molar-refractivity contribution in [2.45, 2.75) is 51.5 Å². The van der Waals surface area contributed by atoms with Gasteiger partial charge in [-0.1, -0.05) is 61.0 Å². The van der Waals surface area contributed by atoms with Crippen LogP contribution in [0.5, 0.6) is 11.5 Å². The van der Waals surface area contributed by atoms with Crippen LogP contribution in [-0.4, -0.2) is 35.2 Å². The molecule has 1 aromatic heterocycles. The zero-order chi connectivity index (χ0) is 27.1. The molecule has 39 heavy (non-hydrogen) atoms. The third kappa shape index (κ3) is 8.74. The zero-order valence-electron chi connectivity index (χ0n) is 22.7. The van der Waals surface area contributed by atoms with E-state index < -0.39 is 0 Å². The third-order valence-electron chi connectivity index (χ3n) is 6.62. The number of amides is 1. The van der Waals surface area contributed by atoms with Crippen molar-refractivity contribution in [1.29, 1.82) is 0 Å². The molecule has 204 valence electrons. The molecule has 1 amide bonds. The molecule has 4 rings (SSSR count). The van der Waals surface area contributed by atoms with Gasteiger partial charge in [0.1, 0.15) is 17.3 Å². The summed E-state index contributed by atoms with van der Waals surface area (Å²) in [6.07, 6.45) is 8.63. The summed E-state index contributed by atoms with van der Waals surface area (Å²) >= 11 is 0. The van der Waals surface area contributed by atoms with Crippen LogP contribution in [0.2, 0.25) is 0 Å². The molecule has 3 aromatic carbocycles. The number of aromatic nitrogens is 2. The van der Waals surface area contributed by atoms with Gasteiger partial charge in [-0.05, 0) is 68.0 Å². The first-order chi connectivity index (χ1) is 19.2. The highest BCUT2D eigenvalue weighted by Gasteiger charge is 2.10. The van der Waals surface area contributed by atoms with Crippen LogP contribution in [0.4, 0.5) is 0 Å². The van der Waals surface area contributed by atoms with Crippen LogP contribution in [0.1, 0.15) is 43.5 Å². The molecule has 4 aromatic rings. The van der Waals surface area contributed by atoms with E-state index in [1.165, 1.54) is 11.1 Å². The lowest BCUT2D eigenvalue weighted by Gasteiger charge is -2.12. The van der Waals surface area contributed by atoms with Gasteiger partial charge in [-0.25, -0.2) is 4.98 Å². The standard InChI is InChI=1S/C33H39N3O3/c1-2-15-27-16-8-11-21-31(27)38-25-14-13-24-36-30-20-10-9-19-29(30)35-32(36)22-7-4-12-23-34-33(37)26-39-28-17-5-3-6-18-28/h2-3,5-6,8-11,16-21H,1,4,7,12-15,22-26H2,(H,34,37). The molecule has 0 radical (unpaired) electrons. The molecule has 0 unspecified atom stereocenters. The van der Waals surface area contributed by atoms with Gasteiger partial charge in [0.25, 0.3) is 5.91 Å². The van der Waals surface area contributed by atoms with Crippen molar-refractivity contribution < 1.29 is 14.3 Å². The molecular weight excluding hydrogens is 486 g/mol. The molecule has 6 heteroatoms. The van der Waals surface area contributed by atoms with E-state index in [2.05, 4.69) is 40.7 Å². The highest BCUT2D eigenvalue weighted by Crippen LogP contribution is 2.21. The number of allylic oxidation sites excluding steroid dienone is 1. The Labute approximate surface area is 231 Å². The molecule has 6 nitrogen and oxygen atoms in total. The molecule has 0 atom stereocenters. The first-order valence-corrected chi connectivity index (χ1v) is 13.9. The Balaban J connectivity index is 1.18. The van der Waals surface area contributed by atoms with Crippen molar-refractivity contribution in [2.24, 2.45) is 0 Å². The predicted octanol–water partition coefficient (Wildman–Crippen LogP) is 6.53. The van der Waals surface area contributed by atoms with E-state index in [1.54, 1.807) is 0 Å². The number of carbonyl (C=O) groups is 1. The Morgan fingerprint density at radius 3 is 2.54 bits per heavy atom. The summed E-state index contributed by atoms with van der Waals surface area (Å²) in [5.74, 6) is 2.70. The lowest BCUT2D eigenvalue weighted by molar-refractivity contribution is -0.123. The minimum atomic E-state index is -0.0891. The molecule has 1 heterocycles. The number of fused-ring (bicyclic) bond motifs is 1. The average molecular weight is 526 g/mol. The van der Waals surface area contributed by atoms with Gasteiger partial charge < -0.3 is 19.4 Å². The van der Waals surface area contributed by atoms with Gasteiger partial charge in [0.15, 0.2) is 6.61 Å². The minimum absolute atomic E-state index is 0.0421. The number of nitrogens with zero attached hydrogens (tertiary/aromatic N) is 2. The fourth-order valence-electron chi connectivity index (χ4n) is 4.62. The quantitative estimate of drug-likeness (QED) is 0.126. The molecule has 0 spiro atoms. The Kier molecular flexibility index (Phi) is 11.0. The first kappa shape index (κ1) is 28.0. The Hall–Kier alpha value is -4.06. The van der Waals surface area contributed by atoms with E-state index in [1.807, 2.05) is 60.7 Å². The van der Waals surface area contributed by atoms with Gasteiger partial charge in [0, 0.05) is 19.5 Å². The fourth-order valence-corrected chi connectivity index (χ4v) is 4.62. The average Bonchev–Trinajstić information content (AvgIpc) is 3.32. The van der Waals surface area contributed by atoms with E-state index in [0.717, 1.165) is 68.6 Å². The topological polar surface area (TPSA) is 65.4 Å². The largest absolute Gasteiger partial charge is 0.493 e. The van der Waals surface area contributed by atoms with Gasteiger partial charge >= 0.3 is 0 Å². The highest BCUT2D eigenvalue weighted by atomic mass is 16.5. The number of para-hydroxylation sites is 4. The van der Waals surface area contributed by atoms with Crippen molar-refractivity contribution in [2.75, 3.05) is 19.8 Å². The van der Waals surface area contributed by atoms with Gasteiger partial charge in [0.05, 0.1) is 17.6 Å². The van der Waals surface area contributed by atoms with Crippen LogP contribution in [0.15, 0.2) is 91.5 Å². The lowest BCUT2D eigenvalue weighted by Crippen LogP contribution is -2.29. The minimum Gasteiger partial charge on any atom is -0.493 e. The molecule has 0 saturated heterocycles. The molecule has 0 aliphatic heterocycles. The Morgan fingerprint density at radius 2 is 1.67 bits per heavy atom. The number of unbranched alkanes of at least 4 members (excludes halogenated alkanes) is 3. The summed E-state index contributed by atoms with van der Waals surface area (Å²) < 4.78 is 13.9. The summed E-state index contributed by atoms with van der Waals surface area (Å²) in [5, 5.41) is 2.95. The van der Waals surface area contributed by atoms with Crippen LogP contribution < -0.4 is 14.8 Å². The number of ether oxygens (including phenoxy) is 2. The monoisotopic (exact) mass is 525 g/mol. The second-order valence-corrected chi connectivity index (χ2v) is 9.59. The maximum Gasteiger partial charge on any atom is 0.257 e. The van der Waals surface area contributed by atoms with Gasteiger partial charge in [0.2, 0.25) is 0 Å². The van der Waals surface area contributed by atoms with E-state index in [-0.39, 0.29) is 12.5 Å². The lowest BCUT2D eigenvalue weighted by atomic mass is 10.1. The van der Waals surface area contributed by atoms with Crippen LogP contribution >= 0.6 is 0 Å². The first-order valence-electron chi connectivity index (χ1n) is 13.9. The Morgan fingerprint density at radius 1 is 0.872 bits per heavy atom. The highest BCUT2D eigenvalue weighted by molar-refractivity contribution is 5.77. The van der Waals surface area contributed by atoms with E-state index in [9.17, 15) is 4.79 Å². The van der Waals surface area contributed by atoms with Gasteiger partial charge in [-0.3, -0.25) is 4.79 Å². The van der Waals surface area contributed by atoms with Crippen LogP contribution in [0, 0.1) is 0 Å². The number of hydrogen-bond donors (Lipinski definition) is 1. The van der Waals surface area contributed by atoms with Crippen LogP contribution in [0.3, 0.4) is 0 Å². The maximum absolute atomic E-state index is 12.0. The normalized spacial score (nSPS) is 10.9. The molecular formula is C33H39N3O3. The van der Waals surface area contributed by atoms with Crippen LogP contribution in [-0.2, 0) is 24.2 Å². The zero-order valence-corrected chi connectivity index (χ0v) is 22.7. The van der Waals surface area contributed by atoms with Crippen molar-refractivity contribution in [3.05, 3.63) is 103 Å². The molecule has 0 saturated carbocycles. The van der Waals surface area contributed by atoms with E-state index >= 15 is 0 Å². The fraction of sp³-hybridized carbons (Fsp3) is 0.333.